The van der Waals surface area contributed by atoms with Gasteiger partial charge in [-0.1, -0.05) is 30.3 Å². The van der Waals surface area contributed by atoms with Crippen molar-refractivity contribution in [1.82, 2.24) is 0 Å². The van der Waals surface area contributed by atoms with Gasteiger partial charge in [0.05, 0.1) is 0 Å². The molecule has 0 aliphatic carbocycles. The van der Waals surface area contributed by atoms with E-state index in [1.54, 1.807) is 18.8 Å². The predicted octanol–water partition coefficient (Wildman–Crippen LogP) is 3.88. The molecule has 0 bridgehead atoms. The van der Waals surface area contributed by atoms with Crippen LogP contribution in [0.25, 0.3) is 0 Å². The fourth-order valence-electron chi connectivity index (χ4n) is 1.83. The van der Waals surface area contributed by atoms with Crippen LogP contribution in [0.2, 0.25) is 0 Å². The molecule has 2 atom stereocenters. The fourth-order valence-corrected chi connectivity index (χ4v) is 2.70. The van der Waals surface area contributed by atoms with Crippen molar-refractivity contribution in [3.63, 3.8) is 0 Å². The highest BCUT2D eigenvalue weighted by atomic mass is 32.2. The Labute approximate surface area is 104 Å². The molecule has 0 radical (unpaired) electrons. The molecule has 1 saturated heterocycles. The van der Waals surface area contributed by atoms with E-state index in [-0.39, 0.29) is 0 Å². The van der Waals surface area contributed by atoms with Gasteiger partial charge in [0.15, 0.2) is 0 Å². The third-order valence-electron chi connectivity index (χ3n) is 2.72. The molecule has 1 aliphatic heterocycles. The van der Waals surface area contributed by atoms with E-state index in [4.69, 9.17) is 4.74 Å². The maximum atomic E-state index is 5.71. The minimum absolute atomic E-state index is 0.380. The van der Waals surface area contributed by atoms with E-state index in [0.717, 1.165) is 23.3 Å². The Kier molecular flexibility index (Phi) is 5.96. The number of thioether (sulfide) groups is 1. The van der Waals surface area contributed by atoms with Gasteiger partial charge in [0, 0.05) is 12.8 Å². The van der Waals surface area contributed by atoms with Crippen LogP contribution in [-0.4, -0.2) is 24.1 Å². The topological polar surface area (TPSA) is 21.6 Å². The maximum Gasteiger partial charge on any atom is 0.245 e. The lowest BCUT2D eigenvalue weighted by Gasteiger charge is -2.14. The number of ether oxygens (including phenoxy) is 1. The first-order valence-electron chi connectivity index (χ1n) is 6.01. The van der Waals surface area contributed by atoms with E-state index in [1.165, 1.54) is 18.4 Å². The Balaban J connectivity index is 2.20. The van der Waals surface area contributed by atoms with Gasteiger partial charge in [-0.15, -0.1) is 0 Å². The lowest BCUT2D eigenvalue weighted by molar-refractivity contribution is 0.193. The molecule has 92 valence electrons. The fraction of sp³-hybridized carbons (Fsp3) is 0.769. The van der Waals surface area contributed by atoms with Crippen molar-refractivity contribution in [1.29, 1.82) is 0 Å². The van der Waals surface area contributed by atoms with Crippen LogP contribution in [0.1, 0.15) is 40.0 Å². The van der Waals surface area contributed by atoms with Gasteiger partial charge in [0.25, 0.3) is 0 Å². The van der Waals surface area contributed by atoms with E-state index in [9.17, 15) is 0 Å². The number of hydrogen-bond donors (Lipinski definition) is 0. The molecule has 1 rings (SSSR count). The summed E-state index contributed by atoms with van der Waals surface area (Å²) in [5, 5.41) is 0.862. The second kappa shape index (κ2) is 7.00. The zero-order chi connectivity index (χ0) is 12.0. The normalized spacial score (nSPS) is 24.2. The summed E-state index contributed by atoms with van der Waals surface area (Å²) in [5.74, 6) is 1.80. The molecule has 3 heteroatoms. The second-order valence-electron chi connectivity index (χ2n) is 4.74. The summed E-state index contributed by atoms with van der Waals surface area (Å²) in [7, 11) is 1.79. The Morgan fingerprint density at radius 2 is 2.38 bits per heavy atom. The smallest absolute Gasteiger partial charge is 0.245 e. The number of allylic oxidation sites excluding steroid dienone is 2. The standard InChI is InChI=1S/C13H23NOS/c1-10(2)6-5-7-11(3)8-12-9-16-13(14-4)15-12/h6,11-12H,5,7-9H2,1-4H3. The molecule has 0 spiro atoms. The Bertz CT molecular complexity index is 269. The highest BCUT2D eigenvalue weighted by molar-refractivity contribution is 8.13. The van der Waals surface area contributed by atoms with Crippen molar-refractivity contribution >= 4 is 17.0 Å². The summed E-state index contributed by atoms with van der Waals surface area (Å²) in [6.07, 6.45) is 6.31. The number of nitrogens with zero attached hydrogens (tertiary/aromatic N) is 1. The van der Waals surface area contributed by atoms with Gasteiger partial charge in [-0.2, -0.15) is 0 Å². The SMILES string of the molecule is CN=C1OC(CC(C)CCC=C(C)C)CS1. The van der Waals surface area contributed by atoms with Crippen LogP contribution >= 0.6 is 11.8 Å². The highest BCUT2D eigenvalue weighted by Crippen LogP contribution is 2.26. The first-order valence-corrected chi connectivity index (χ1v) is 7.00. The van der Waals surface area contributed by atoms with Crippen molar-refractivity contribution < 1.29 is 4.74 Å². The summed E-state index contributed by atoms with van der Waals surface area (Å²) in [5.41, 5.74) is 1.42. The molecule has 0 N–H and O–H groups in total. The first kappa shape index (κ1) is 13.6. The van der Waals surface area contributed by atoms with Gasteiger partial charge < -0.3 is 4.74 Å². The molecular formula is C13H23NOS. The summed E-state index contributed by atoms with van der Waals surface area (Å²) in [6, 6.07) is 0. The average molecular weight is 241 g/mol. The van der Waals surface area contributed by atoms with Crippen LogP contribution in [0.5, 0.6) is 0 Å². The van der Waals surface area contributed by atoms with Crippen LogP contribution in [0.15, 0.2) is 16.6 Å². The van der Waals surface area contributed by atoms with Gasteiger partial charge in [-0.05, 0) is 39.0 Å². The molecule has 1 aliphatic rings. The van der Waals surface area contributed by atoms with E-state index in [2.05, 4.69) is 31.8 Å². The van der Waals surface area contributed by atoms with Gasteiger partial charge in [-0.25, -0.2) is 4.99 Å². The van der Waals surface area contributed by atoms with Crippen LogP contribution in [0.4, 0.5) is 0 Å². The van der Waals surface area contributed by atoms with E-state index >= 15 is 0 Å². The Morgan fingerprint density at radius 3 is 2.94 bits per heavy atom. The lowest BCUT2D eigenvalue weighted by Crippen LogP contribution is -2.14. The second-order valence-corrected chi connectivity index (χ2v) is 5.71. The van der Waals surface area contributed by atoms with Crippen molar-refractivity contribution in [3.05, 3.63) is 11.6 Å². The average Bonchev–Trinajstić information content (AvgIpc) is 2.65. The van der Waals surface area contributed by atoms with Crippen LogP contribution in [-0.2, 0) is 4.74 Å². The summed E-state index contributed by atoms with van der Waals surface area (Å²) < 4.78 is 5.71. The van der Waals surface area contributed by atoms with Crippen molar-refractivity contribution in [2.24, 2.45) is 10.9 Å². The van der Waals surface area contributed by atoms with Gasteiger partial charge >= 0.3 is 0 Å². The Hall–Kier alpha value is -0.440. The molecule has 1 fully saturated rings. The van der Waals surface area contributed by atoms with Gasteiger partial charge in [0.2, 0.25) is 5.23 Å². The van der Waals surface area contributed by atoms with Crippen molar-refractivity contribution in [2.75, 3.05) is 12.8 Å². The quantitative estimate of drug-likeness (QED) is 0.681. The van der Waals surface area contributed by atoms with Crippen LogP contribution in [0.3, 0.4) is 0 Å². The monoisotopic (exact) mass is 241 g/mol. The molecule has 0 saturated carbocycles. The summed E-state index contributed by atoms with van der Waals surface area (Å²) in [4.78, 5) is 4.08. The molecule has 0 amide bonds. The molecule has 0 aromatic rings. The number of rotatable bonds is 5. The molecule has 2 unspecified atom stereocenters. The summed E-state index contributed by atoms with van der Waals surface area (Å²) >= 11 is 1.74. The molecular weight excluding hydrogens is 218 g/mol. The van der Waals surface area contributed by atoms with E-state index < -0.39 is 0 Å². The molecule has 0 aromatic heterocycles. The van der Waals surface area contributed by atoms with Gasteiger partial charge in [0.1, 0.15) is 6.10 Å². The van der Waals surface area contributed by atoms with Crippen molar-refractivity contribution in [2.45, 2.75) is 46.1 Å². The molecule has 1 heterocycles. The largest absolute Gasteiger partial charge is 0.469 e. The number of aliphatic imine (C=N–C) groups is 1. The zero-order valence-electron chi connectivity index (χ0n) is 10.8. The zero-order valence-corrected chi connectivity index (χ0v) is 11.6. The van der Waals surface area contributed by atoms with Crippen LogP contribution < -0.4 is 0 Å². The lowest BCUT2D eigenvalue weighted by atomic mass is 9.98. The van der Waals surface area contributed by atoms with Crippen LogP contribution in [0, 0.1) is 5.92 Å². The number of hydrogen-bond acceptors (Lipinski definition) is 3. The van der Waals surface area contributed by atoms with E-state index in [1.807, 2.05) is 0 Å². The minimum Gasteiger partial charge on any atom is -0.469 e. The predicted molar refractivity (Wildman–Crippen MR) is 73.1 cm³/mol. The molecule has 0 aromatic carbocycles. The third kappa shape index (κ3) is 5.06. The molecule has 16 heavy (non-hydrogen) atoms. The maximum absolute atomic E-state index is 5.71. The van der Waals surface area contributed by atoms with E-state index in [0.29, 0.717) is 6.10 Å². The first-order chi connectivity index (χ1) is 7.61. The van der Waals surface area contributed by atoms with Crippen molar-refractivity contribution in [3.8, 4) is 0 Å². The third-order valence-corrected chi connectivity index (χ3v) is 3.78. The minimum atomic E-state index is 0.380. The van der Waals surface area contributed by atoms with Gasteiger partial charge in [-0.3, -0.25) is 0 Å². The highest BCUT2D eigenvalue weighted by Gasteiger charge is 2.23. The molecule has 2 nitrogen and oxygen atoms in total. The Morgan fingerprint density at radius 1 is 1.62 bits per heavy atom. The summed E-state index contributed by atoms with van der Waals surface area (Å²) in [6.45, 7) is 6.63.